The fourth-order valence-corrected chi connectivity index (χ4v) is 15.2. The Bertz CT molecular complexity index is 2010. The normalized spacial score (nSPS) is 13.7. The molecule has 19 heteroatoms. The Kier molecular flexibility index (Phi) is 78.2. The molecule has 0 radical (unpaired) electrons. The number of aliphatic hydroxyl groups excluding tert-OH is 1. The monoisotopic (exact) mass is 1550 g/mol. The van der Waals surface area contributed by atoms with Crippen LogP contribution in [-0.4, -0.2) is 96.7 Å². The van der Waals surface area contributed by atoms with Gasteiger partial charge in [0.05, 0.1) is 26.4 Å². The molecule has 5 atom stereocenters. The summed E-state index contributed by atoms with van der Waals surface area (Å²) in [5.74, 6) is -1.31. The van der Waals surface area contributed by atoms with Crippen LogP contribution in [0.15, 0.2) is 0 Å². The maximum Gasteiger partial charge on any atom is 0.472 e. The number of hydrogen-bond acceptors (Lipinski definition) is 15. The molecule has 0 fully saturated rings. The zero-order valence-electron chi connectivity index (χ0n) is 69.6. The Hall–Kier alpha value is -1.94. The highest BCUT2D eigenvalue weighted by atomic mass is 31.2. The van der Waals surface area contributed by atoms with Gasteiger partial charge in [-0.3, -0.25) is 37.3 Å². The van der Waals surface area contributed by atoms with E-state index < -0.39 is 97.5 Å². The van der Waals surface area contributed by atoms with Gasteiger partial charge < -0.3 is 33.8 Å². The van der Waals surface area contributed by atoms with Crippen molar-refractivity contribution in [3.05, 3.63) is 0 Å². The SMILES string of the molecule is CCCCCCCCCCCCCCCCCCCCCCCC(=O)O[C@H](COC(=O)CCCCCCCCCCCCCCCCCCCCCC)COP(=O)(O)OC[C@@H](O)COP(=O)(O)OC[C@@H](COC(=O)CCCCCCCCCC)OC(=O)CCCCCCCCCCCCCCCCC(C)C. The van der Waals surface area contributed by atoms with E-state index in [9.17, 15) is 43.2 Å². The fourth-order valence-electron chi connectivity index (χ4n) is 13.6. The molecule has 0 rings (SSSR count). The predicted octanol–water partition coefficient (Wildman–Crippen LogP) is 26.8. The van der Waals surface area contributed by atoms with E-state index in [4.69, 9.17) is 37.0 Å². The van der Waals surface area contributed by atoms with E-state index in [0.29, 0.717) is 25.7 Å². The number of unbranched alkanes of at least 4 members (excludes halogenated alkanes) is 59. The number of phosphoric ester groups is 2. The van der Waals surface area contributed by atoms with Gasteiger partial charge in [0, 0.05) is 25.7 Å². The topological polar surface area (TPSA) is 237 Å². The number of carbonyl (C=O) groups excluding carboxylic acids is 4. The van der Waals surface area contributed by atoms with Crippen LogP contribution in [0.5, 0.6) is 0 Å². The van der Waals surface area contributed by atoms with Crippen molar-refractivity contribution in [3.63, 3.8) is 0 Å². The molecule has 0 aliphatic rings. The van der Waals surface area contributed by atoms with E-state index in [-0.39, 0.29) is 25.7 Å². The maximum absolute atomic E-state index is 13.1. The lowest BCUT2D eigenvalue weighted by Crippen LogP contribution is -2.30. The first-order valence-electron chi connectivity index (χ1n) is 45.1. The molecule has 0 spiro atoms. The van der Waals surface area contributed by atoms with Gasteiger partial charge in [-0.2, -0.15) is 0 Å². The van der Waals surface area contributed by atoms with Crippen molar-refractivity contribution in [2.75, 3.05) is 39.6 Å². The Morgan fingerprint density at radius 2 is 0.434 bits per heavy atom. The van der Waals surface area contributed by atoms with Gasteiger partial charge in [-0.25, -0.2) is 9.13 Å². The maximum atomic E-state index is 13.1. The Morgan fingerprint density at radius 3 is 0.642 bits per heavy atom. The summed E-state index contributed by atoms with van der Waals surface area (Å²) in [6.07, 6.45) is 73.8. The smallest absolute Gasteiger partial charge is 0.462 e. The van der Waals surface area contributed by atoms with Crippen molar-refractivity contribution in [1.82, 2.24) is 0 Å². The second kappa shape index (κ2) is 79.7. The quantitative estimate of drug-likeness (QED) is 0.0222. The molecule has 0 aliphatic carbocycles. The molecular weight excluding hydrogens is 1380 g/mol. The molecule has 0 aromatic carbocycles. The van der Waals surface area contributed by atoms with Crippen LogP contribution >= 0.6 is 15.6 Å². The van der Waals surface area contributed by atoms with Gasteiger partial charge in [-0.15, -0.1) is 0 Å². The van der Waals surface area contributed by atoms with Crippen molar-refractivity contribution >= 4 is 39.5 Å². The molecule has 0 bridgehead atoms. The summed E-state index contributed by atoms with van der Waals surface area (Å²) in [4.78, 5) is 73.1. The minimum Gasteiger partial charge on any atom is -0.462 e. The van der Waals surface area contributed by atoms with E-state index in [0.717, 1.165) is 102 Å². The lowest BCUT2D eigenvalue weighted by atomic mass is 10.0. The average molecular weight is 1550 g/mol. The molecule has 0 aromatic rings. The van der Waals surface area contributed by atoms with Crippen LogP contribution in [0, 0.1) is 5.92 Å². The summed E-state index contributed by atoms with van der Waals surface area (Å²) < 4.78 is 68.8. The van der Waals surface area contributed by atoms with Crippen molar-refractivity contribution in [1.29, 1.82) is 0 Å². The second-order valence-corrected chi connectivity index (χ2v) is 34.7. The first kappa shape index (κ1) is 104. The molecule has 0 saturated heterocycles. The zero-order chi connectivity index (χ0) is 77.6. The summed E-state index contributed by atoms with van der Waals surface area (Å²) in [5, 5.41) is 10.7. The van der Waals surface area contributed by atoms with Crippen molar-refractivity contribution in [2.45, 2.75) is 490 Å². The average Bonchev–Trinajstić information content (AvgIpc) is 0.902. The molecule has 0 heterocycles. The van der Waals surface area contributed by atoms with E-state index in [1.165, 1.54) is 289 Å². The third-order valence-electron chi connectivity index (χ3n) is 20.5. The van der Waals surface area contributed by atoms with Gasteiger partial charge >= 0.3 is 39.5 Å². The predicted molar refractivity (Wildman–Crippen MR) is 437 cm³/mol. The van der Waals surface area contributed by atoms with Crippen LogP contribution in [0.1, 0.15) is 471 Å². The van der Waals surface area contributed by atoms with Gasteiger partial charge in [0.1, 0.15) is 19.3 Å². The van der Waals surface area contributed by atoms with Crippen LogP contribution in [0.4, 0.5) is 0 Å². The summed E-state index contributed by atoms with van der Waals surface area (Å²) in [5.41, 5.74) is 0. The van der Waals surface area contributed by atoms with Crippen molar-refractivity contribution in [2.24, 2.45) is 5.92 Å². The summed E-state index contributed by atoms with van der Waals surface area (Å²) in [6, 6.07) is 0. The summed E-state index contributed by atoms with van der Waals surface area (Å²) in [7, 11) is -9.92. The first-order chi connectivity index (χ1) is 51.5. The zero-order valence-corrected chi connectivity index (χ0v) is 71.4. The third kappa shape index (κ3) is 80.1. The minimum absolute atomic E-state index is 0.108. The lowest BCUT2D eigenvalue weighted by Gasteiger charge is -2.21. The van der Waals surface area contributed by atoms with E-state index in [2.05, 4.69) is 34.6 Å². The van der Waals surface area contributed by atoms with Gasteiger partial charge in [0.2, 0.25) is 0 Å². The molecule has 0 aliphatic heterocycles. The second-order valence-electron chi connectivity index (χ2n) is 31.8. The summed E-state index contributed by atoms with van der Waals surface area (Å²) in [6.45, 7) is 7.36. The molecule has 0 aromatic heterocycles. The number of rotatable bonds is 87. The number of esters is 4. The number of hydrogen-bond donors (Lipinski definition) is 3. The molecule has 630 valence electrons. The largest absolute Gasteiger partial charge is 0.472 e. The van der Waals surface area contributed by atoms with Crippen LogP contribution in [0.25, 0.3) is 0 Å². The molecular formula is C87H170O17P2. The molecule has 17 nitrogen and oxygen atoms in total. The van der Waals surface area contributed by atoms with E-state index in [1.807, 2.05) is 0 Å². The van der Waals surface area contributed by atoms with Crippen LogP contribution in [-0.2, 0) is 65.4 Å². The molecule has 0 saturated carbocycles. The van der Waals surface area contributed by atoms with Gasteiger partial charge in [-0.1, -0.05) is 420 Å². The van der Waals surface area contributed by atoms with E-state index >= 15 is 0 Å². The van der Waals surface area contributed by atoms with Crippen LogP contribution < -0.4 is 0 Å². The molecule has 0 amide bonds. The van der Waals surface area contributed by atoms with Gasteiger partial charge in [-0.05, 0) is 31.6 Å². The van der Waals surface area contributed by atoms with E-state index in [1.54, 1.807) is 0 Å². The Labute approximate surface area is 651 Å². The first-order valence-corrected chi connectivity index (χ1v) is 48.1. The fraction of sp³-hybridized carbons (Fsp3) is 0.954. The summed E-state index contributed by atoms with van der Waals surface area (Å²) >= 11 is 0. The molecule has 106 heavy (non-hydrogen) atoms. The highest BCUT2D eigenvalue weighted by molar-refractivity contribution is 7.47. The highest BCUT2D eigenvalue weighted by Gasteiger charge is 2.30. The molecule has 3 N–H and O–H groups in total. The van der Waals surface area contributed by atoms with Crippen molar-refractivity contribution in [3.8, 4) is 0 Å². The van der Waals surface area contributed by atoms with Gasteiger partial charge in [0.15, 0.2) is 12.2 Å². The van der Waals surface area contributed by atoms with Crippen molar-refractivity contribution < 1.29 is 80.2 Å². The Morgan fingerprint density at radius 1 is 0.255 bits per heavy atom. The lowest BCUT2D eigenvalue weighted by molar-refractivity contribution is -0.161. The number of aliphatic hydroxyl groups is 1. The standard InChI is InChI=1S/C87H170O17P2/c1-6-9-12-15-18-21-23-25-27-29-31-33-35-37-39-44-48-52-57-62-67-72-87(92)104-83(77-98-85(90)71-66-61-56-51-47-43-38-36-34-32-30-28-26-24-22-19-16-13-10-7-2)79-102-106(95,96)100-75-81(88)74-99-105(93,94)101-78-82(76-97-84(89)70-65-60-55-20-17-14-11-8-3)103-86(91)73-68-63-58-53-49-45-41-40-42-46-50-54-59-64-69-80(4)5/h80-83,88H,6-79H2,1-5H3,(H,93,94)(H,95,96)/t81-,82+,83+/m0/s1. The van der Waals surface area contributed by atoms with Crippen LogP contribution in [0.3, 0.4) is 0 Å². The Balaban J connectivity index is 5.18. The minimum atomic E-state index is -4.97. The third-order valence-corrected chi connectivity index (χ3v) is 22.4. The number of phosphoric acid groups is 2. The highest BCUT2D eigenvalue weighted by Crippen LogP contribution is 2.45. The number of carbonyl (C=O) groups is 4. The number of ether oxygens (including phenoxy) is 4. The van der Waals surface area contributed by atoms with Gasteiger partial charge in [0.25, 0.3) is 0 Å². The molecule has 2 unspecified atom stereocenters. The van der Waals surface area contributed by atoms with Crippen LogP contribution in [0.2, 0.25) is 0 Å².